The monoisotopic (exact) mass is 732 g/mol. The van der Waals surface area contributed by atoms with Gasteiger partial charge in [0.25, 0.3) is 0 Å². The Kier molecular flexibility index (Phi) is 20.4. The summed E-state index contributed by atoms with van der Waals surface area (Å²) in [6.45, 7) is 4.45. The van der Waals surface area contributed by atoms with Gasteiger partial charge in [0.1, 0.15) is 5.75 Å². The summed E-state index contributed by atoms with van der Waals surface area (Å²) in [5.74, 6) is -4.59. The maximum atomic E-state index is 14.0. The van der Waals surface area contributed by atoms with Crippen LogP contribution in [-0.4, -0.2) is 32.9 Å². The van der Waals surface area contributed by atoms with Gasteiger partial charge in [0.15, 0.2) is 23.0 Å². The summed E-state index contributed by atoms with van der Waals surface area (Å²) in [5.41, 5.74) is -2.28. The van der Waals surface area contributed by atoms with Gasteiger partial charge in [-0.3, -0.25) is 9.59 Å². The molecule has 0 saturated heterocycles. The van der Waals surface area contributed by atoms with E-state index < -0.39 is 40.2 Å². The Morgan fingerprint density at radius 2 is 1.02 bits per heavy atom. The van der Waals surface area contributed by atoms with E-state index in [1.807, 2.05) is 0 Å². The number of benzene rings is 1. The first-order chi connectivity index (χ1) is 25.8. The van der Waals surface area contributed by atoms with Crippen LogP contribution in [0.4, 0.5) is 0 Å². The summed E-state index contributed by atoms with van der Waals surface area (Å²) >= 11 is 0. The molecule has 0 fully saturated rings. The molecule has 7 nitrogen and oxygen atoms in total. The highest BCUT2D eigenvalue weighted by molar-refractivity contribution is 6.42. The fraction of sp³-hybridized carbons (Fsp3) is 0.630. The van der Waals surface area contributed by atoms with Crippen molar-refractivity contribution in [2.75, 3.05) is 0 Å². The molecule has 0 radical (unpaired) electrons. The predicted octanol–water partition coefficient (Wildman–Crippen LogP) is 12.2. The van der Waals surface area contributed by atoms with Crippen LogP contribution in [-0.2, 0) is 26.2 Å². The highest BCUT2D eigenvalue weighted by atomic mass is 16.5. The molecule has 1 aromatic carbocycles. The number of ketones is 2. The number of aliphatic hydroxyl groups is 1. The van der Waals surface area contributed by atoms with Crippen LogP contribution in [0.3, 0.4) is 0 Å². The van der Waals surface area contributed by atoms with Gasteiger partial charge in [-0.2, -0.15) is 0 Å². The topological polar surface area (TPSA) is 121 Å². The number of rotatable bonds is 29. The average molecular weight is 733 g/mol. The van der Waals surface area contributed by atoms with Crippen LogP contribution < -0.4 is 4.74 Å². The van der Waals surface area contributed by atoms with Crippen LogP contribution in [0.25, 0.3) is 0 Å². The zero-order valence-corrected chi connectivity index (χ0v) is 32.9. The molecular formula is C46H68O7. The molecule has 294 valence electrons. The number of carbonyl (C=O) groups excluding carboxylic acids is 3. The maximum absolute atomic E-state index is 14.0. The summed E-state index contributed by atoms with van der Waals surface area (Å²) in [6.07, 6.45) is 40.0. The molecule has 1 unspecified atom stereocenters. The largest absolute Gasteiger partial charge is 0.504 e. The molecule has 1 heterocycles. The molecule has 1 aromatic rings. The van der Waals surface area contributed by atoms with Gasteiger partial charge in [-0.25, -0.2) is 4.79 Å². The third-order valence-electron chi connectivity index (χ3n) is 10.8. The van der Waals surface area contributed by atoms with Crippen LogP contribution in [0.5, 0.6) is 17.2 Å². The fourth-order valence-electron chi connectivity index (χ4n) is 7.58. The number of esters is 1. The van der Waals surface area contributed by atoms with E-state index >= 15 is 0 Å². The molecule has 0 amide bonds. The number of fused-ring (bicyclic) bond motifs is 2. The molecule has 0 bridgehead atoms. The van der Waals surface area contributed by atoms with E-state index in [4.69, 9.17) is 4.74 Å². The number of Topliss-reactive ketones (excluding diaryl/α,β-unsaturated/α-hetero) is 2. The number of phenolic OH excluding ortho intramolecular Hbond substituents is 2. The van der Waals surface area contributed by atoms with Crippen molar-refractivity contribution in [2.24, 2.45) is 0 Å². The summed E-state index contributed by atoms with van der Waals surface area (Å²) in [4.78, 5) is 41.0. The van der Waals surface area contributed by atoms with E-state index in [1.54, 1.807) is 0 Å². The van der Waals surface area contributed by atoms with E-state index in [0.29, 0.717) is 12.8 Å². The molecule has 0 saturated carbocycles. The third kappa shape index (κ3) is 12.7. The number of carbonyl (C=O) groups is 3. The van der Waals surface area contributed by atoms with Crippen LogP contribution >= 0.6 is 0 Å². The minimum absolute atomic E-state index is 0.0246. The Morgan fingerprint density at radius 1 is 0.566 bits per heavy atom. The molecule has 0 aromatic heterocycles. The molecule has 1 spiro atoms. The van der Waals surface area contributed by atoms with Crippen molar-refractivity contribution in [1.82, 2.24) is 0 Å². The Morgan fingerprint density at radius 3 is 1.58 bits per heavy atom. The molecule has 2 aliphatic rings. The second-order valence-corrected chi connectivity index (χ2v) is 15.0. The van der Waals surface area contributed by atoms with E-state index in [1.165, 1.54) is 57.8 Å². The van der Waals surface area contributed by atoms with Gasteiger partial charge in [-0.1, -0.05) is 134 Å². The lowest BCUT2D eigenvalue weighted by Crippen LogP contribution is -2.46. The zero-order valence-electron chi connectivity index (χ0n) is 32.9. The first kappa shape index (κ1) is 43.8. The zero-order chi connectivity index (χ0) is 38.3. The van der Waals surface area contributed by atoms with Crippen LogP contribution in [0.1, 0.15) is 185 Å². The molecule has 1 aliphatic heterocycles. The smallest absolute Gasteiger partial charge is 0.338 e. The lowest BCUT2D eigenvalue weighted by molar-refractivity contribution is -0.146. The van der Waals surface area contributed by atoms with Crippen LogP contribution in [0.2, 0.25) is 0 Å². The van der Waals surface area contributed by atoms with Gasteiger partial charge >= 0.3 is 5.97 Å². The number of aliphatic hydroxyl groups excluding tert-OH is 1. The summed E-state index contributed by atoms with van der Waals surface area (Å²) < 4.78 is 5.41. The summed E-state index contributed by atoms with van der Waals surface area (Å²) in [6, 6.07) is 1.08. The minimum Gasteiger partial charge on any atom is -0.504 e. The Bertz CT molecular complexity index is 1430. The molecule has 3 N–H and O–H groups in total. The van der Waals surface area contributed by atoms with Crippen molar-refractivity contribution in [1.29, 1.82) is 0 Å². The van der Waals surface area contributed by atoms with E-state index in [0.717, 1.165) is 89.5 Å². The predicted molar refractivity (Wildman–Crippen MR) is 215 cm³/mol. The molecule has 1 aliphatic carbocycles. The van der Waals surface area contributed by atoms with Crippen molar-refractivity contribution >= 4 is 17.5 Å². The van der Waals surface area contributed by atoms with Crippen LogP contribution in [0, 0.1) is 0 Å². The summed E-state index contributed by atoms with van der Waals surface area (Å²) in [5, 5.41) is 32.3. The molecular weight excluding hydrogens is 664 g/mol. The van der Waals surface area contributed by atoms with Crippen molar-refractivity contribution in [2.45, 2.75) is 186 Å². The van der Waals surface area contributed by atoms with Crippen molar-refractivity contribution < 1.29 is 34.4 Å². The van der Waals surface area contributed by atoms with E-state index in [-0.39, 0.29) is 35.3 Å². The average Bonchev–Trinajstić information content (AvgIpc) is 3.54. The van der Waals surface area contributed by atoms with Gasteiger partial charge in [-0.15, -0.1) is 0 Å². The second-order valence-electron chi connectivity index (χ2n) is 15.0. The van der Waals surface area contributed by atoms with Crippen molar-refractivity contribution in [3.8, 4) is 17.2 Å². The van der Waals surface area contributed by atoms with Gasteiger partial charge in [0.2, 0.25) is 11.2 Å². The van der Waals surface area contributed by atoms with Gasteiger partial charge < -0.3 is 20.1 Å². The quantitative estimate of drug-likeness (QED) is 0.0187. The standard InChI is InChI=1S/C46H68O7/c1-3-5-7-9-11-13-15-17-19-21-23-25-27-29-31-33-36-40-39(35-38(47)41(36)48)53-45(52)46(40)43(50)37(42(49)44(46)51)34-32-30-28-26-24-22-20-18-16-14-12-10-8-6-4-2/h11,13,17-20,35,47-49H,3-10,12,14-16,21-34H2,1-2H3. The van der Waals surface area contributed by atoms with E-state index in [2.05, 4.69) is 50.3 Å². The number of unbranched alkanes of at least 4 members (excludes halogenated alkanes) is 19. The lowest BCUT2D eigenvalue weighted by Gasteiger charge is -2.20. The molecule has 53 heavy (non-hydrogen) atoms. The maximum Gasteiger partial charge on any atom is 0.338 e. The number of hydrogen-bond donors (Lipinski definition) is 3. The summed E-state index contributed by atoms with van der Waals surface area (Å²) in [7, 11) is 0. The number of ether oxygens (including phenoxy) is 1. The Labute approximate surface area is 319 Å². The van der Waals surface area contributed by atoms with Gasteiger partial charge in [0.05, 0.1) is 0 Å². The highest BCUT2D eigenvalue weighted by Gasteiger charge is 2.67. The number of phenols is 2. The Hall–Kier alpha value is -3.61. The minimum atomic E-state index is -2.37. The second kappa shape index (κ2) is 24.7. The first-order valence-corrected chi connectivity index (χ1v) is 21.1. The SMILES string of the molecule is CCCCCC=CCC=CCCCCCCCc1c(O)c(O)cc2c1C1(C(=O)O2)C(=O)C(O)=C(CCCCCCCC=CCCCCCCCC)C1=O. The van der Waals surface area contributed by atoms with Crippen LogP contribution in [0.15, 0.2) is 53.9 Å². The fourth-order valence-corrected chi connectivity index (χ4v) is 7.58. The molecule has 1 atom stereocenters. The number of aromatic hydroxyl groups is 2. The van der Waals surface area contributed by atoms with Gasteiger partial charge in [-0.05, 0) is 83.5 Å². The molecule has 7 heteroatoms. The number of hydrogen-bond acceptors (Lipinski definition) is 7. The Balaban J connectivity index is 1.45. The van der Waals surface area contributed by atoms with Crippen molar-refractivity contribution in [3.05, 3.63) is 65.0 Å². The van der Waals surface area contributed by atoms with E-state index in [9.17, 15) is 29.7 Å². The first-order valence-electron chi connectivity index (χ1n) is 21.1. The lowest BCUT2D eigenvalue weighted by atomic mass is 9.73. The third-order valence-corrected chi connectivity index (χ3v) is 10.8. The van der Waals surface area contributed by atoms with Gasteiger partial charge in [0, 0.05) is 22.8 Å². The highest BCUT2D eigenvalue weighted by Crippen LogP contribution is 2.53. The normalized spacial score (nSPS) is 17.2. The molecule has 3 rings (SSSR count). The van der Waals surface area contributed by atoms with Crippen molar-refractivity contribution in [3.63, 3.8) is 0 Å². The number of allylic oxidation sites excluding steroid dienone is 8.